The molecule has 0 aliphatic heterocycles. The molecule has 0 saturated carbocycles. The predicted octanol–water partition coefficient (Wildman–Crippen LogP) is 7.12. The molecule has 0 atom stereocenters. The van der Waals surface area contributed by atoms with Crippen molar-refractivity contribution in [3.8, 4) is 28.4 Å². The molecule has 188 valence electrons. The van der Waals surface area contributed by atoms with Crippen LogP contribution in [0.4, 0.5) is 5.69 Å². The molecule has 4 aromatic carbocycles. The lowest BCUT2D eigenvalue weighted by molar-refractivity contribution is -0.136. The van der Waals surface area contributed by atoms with Crippen LogP contribution in [0, 0.1) is 0 Å². The number of methoxy groups -OCH3 is 1. The second kappa shape index (κ2) is 11.9. The molecule has 6 nitrogen and oxygen atoms in total. The first-order valence-corrected chi connectivity index (χ1v) is 12.4. The van der Waals surface area contributed by atoms with E-state index in [1.54, 1.807) is 42.5 Å². The summed E-state index contributed by atoms with van der Waals surface area (Å²) in [7, 11) is 1.53. The highest BCUT2D eigenvalue weighted by Gasteiger charge is 2.16. The molecular formula is C29H24ClNO5S. The maximum absolute atomic E-state index is 12.6. The van der Waals surface area contributed by atoms with Crippen molar-refractivity contribution in [3.05, 3.63) is 107 Å². The highest BCUT2D eigenvalue weighted by atomic mass is 35.5. The number of benzene rings is 4. The lowest BCUT2D eigenvalue weighted by atomic mass is 9.99. The third kappa shape index (κ3) is 6.44. The van der Waals surface area contributed by atoms with Gasteiger partial charge in [0.05, 0.1) is 13.5 Å². The number of carboxylic acid groups (broad SMARTS) is 1. The summed E-state index contributed by atoms with van der Waals surface area (Å²) in [5.41, 5.74) is 4.38. The van der Waals surface area contributed by atoms with E-state index in [2.05, 4.69) is 17.9 Å². The van der Waals surface area contributed by atoms with Crippen LogP contribution in [0.25, 0.3) is 11.1 Å². The number of carbonyl (C=O) groups is 2. The third-order valence-corrected chi connectivity index (χ3v) is 6.22. The van der Waals surface area contributed by atoms with Gasteiger partial charge in [-0.05, 0) is 71.3 Å². The van der Waals surface area contributed by atoms with Crippen LogP contribution in [0.3, 0.4) is 0 Å². The van der Waals surface area contributed by atoms with Crippen molar-refractivity contribution in [2.24, 2.45) is 0 Å². The summed E-state index contributed by atoms with van der Waals surface area (Å²) in [5.74, 6) is 0.754. The van der Waals surface area contributed by atoms with Crippen molar-refractivity contribution < 1.29 is 24.2 Å². The Balaban J connectivity index is 1.64. The predicted molar refractivity (Wildman–Crippen MR) is 148 cm³/mol. The van der Waals surface area contributed by atoms with Gasteiger partial charge in [0.25, 0.3) is 5.91 Å². The molecule has 37 heavy (non-hydrogen) atoms. The Bertz CT molecular complexity index is 1420. The van der Waals surface area contributed by atoms with Gasteiger partial charge >= 0.3 is 5.97 Å². The Morgan fingerprint density at radius 2 is 1.65 bits per heavy atom. The summed E-state index contributed by atoms with van der Waals surface area (Å²) in [6.07, 6.45) is -0.132. The number of carbonyl (C=O) groups excluding carboxylic acids is 1. The van der Waals surface area contributed by atoms with E-state index >= 15 is 0 Å². The quantitative estimate of drug-likeness (QED) is 0.199. The van der Waals surface area contributed by atoms with Crippen LogP contribution in [0.15, 0.2) is 84.9 Å². The summed E-state index contributed by atoms with van der Waals surface area (Å²) in [6.45, 7) is 0. The second-order valence-electron chi connectivity index (χ2n) is 8.14. The molecular weight excluding hydrogens is 510 g/mol. The molecule has 0 aromatic heterocycles. The molecule has 0 fully saturated rings. The van der Waals surface area contributed by atoms with Gasteiger partial charge in [-0.1, -0.05) is 41.9 Å². The molecule has 0 spiro atoms. The van der Waals surface area contributed by atoms with E-state index in [1.165, 1.54) is 7.11 Å². The van der Waals surface area contributed by atoms with E-state index in [9.17, 15) is 14.7 Å². The number of halogens is 1. The Morgan fingerprint density at radius 1 is 0.919 bits per heavy atom. The fourth-order valence-corrected chi connectivity index (χ4v) is 4.24. The minimum Gasteiger partial charge on any atom is -0.493 e. The SMILES string of the molecule is COc1ccc(CC(=O)O)cc1Oc1cccc(CS)c1-c1ccc(NC(=O)c2ccc(Cl)cc2)cc1. The first-order chi connectivity index (χ1) is 17.9. The maximum Gasteiger partial charge on any atom is 0.307 e. The number of thiol groups is 1. The van der Waals surface area contributed by atoms with Crippen molar-refractivity contribution in [1.82, 2.24) is 0 Å². The van der Waals surface area contributed by atoms with Gasteiger partial charge in [0.15, 0.2) is 11.5 Å². The van der Waals surface area contributed by atoms with Gasteiger partial charge in [-0.3, -0.25) is 9.59 Å². The Labute approximate surface area is 225 Å². The molecule has 4 aromatic rings. The zero-order chi connectivity index (χ0) is 26.4. The normalized spacial score (nSPS) is 10.6. The van der Waals surface area contributed by atoms with Gasteiger partial charge in [0.2, 0.25) is 0 Å². The first kappa shape index (κ1) is 26.1. The molecule has 0 aliphatic rings. The summed E-state index contributed by atoms with van der Waals surface area (Å²) >= 11 is 10.4. The summed E-state index contributed by atoms with van der Waals surface area (Å²) < 4.78 is 11.7. The first-order valence-electron chi connectivity index (χ1n) is 11.3. The minimum absolute atomic E-state index is 0.132. The summed E-state index contributed by atoms with van der Waals surface area (Å²) in [4.78, 5) is 23.8. The molecule has 0 aliphatic carbocycles. The number of ether oxygens (including phenoxy) is 2. The van der Waals surface area contributed by atoms with E-state index < -0.39 is 5.97 Å². The van der Waals surface area contributed by atoms with Gasteiger partial charge in [-0.25, -0.2) is 0 Å². The fraction of sp³-hybridized carbons (Fsp3) is 0.103. The fourth-order valence-electron chi connectivity index (χ4n) is 3.85. The van der Waals surface area contributed by atoms with Gasteiger partial charge in [0, 0.05) is 27.6 Å². The Hall–Kier alpha value is -3.94. The monoisotopic (exact) mass is 533 g/mol. The molecule has 0 heterocycles. The van der Waals surface area contributed by atoms with Crippen molar-refractivity contribution in [2.45, 2.75) is 12.2 Å². The van der Waals surface area contributed by atoms with E-state index in [0.29, 0.717) is 44.8 Å². The van der Waals surface area contributed by atoms with Crippen molar-refractivity contribution in [1.29, 1.82) is 0 Å². The highest BCUT2D eigenvalue weighted by molar-refractivity contribution is 7.79. The van der Waals surface area contributed by atoms with Crippen molar-refractivity contribution in [3.63, 3.8) is 0 Å². The Kier molecular flexibility index (Phi) is 8.38. The number of aliphatic carboxylic acids is 1. The van der Waals surface area contributed by atoms with Crippen LogP contribution in [0.5, 0.6) is 17.2 Å². The maximum atomic E-state index is 12.6. The van der Waals surface area contributed by atoms with Gasteiger partial charge in [-0.2, -0.15) is 12.6 Å². The minimum atomic E-state index is -0.933. The molecule has 0 saturated heterocycles. The van der Waals surface area contributed by atoms with Gasteiger partial charge < -0.3 is 19.9 Å². The van der Waals surface area contributed by atoms with Crippen LogP contribution < -0.4 is 14.8 Å². The number of amides is 1. The van der Waals surface area contributed by atoms with Crippen LogP contribution in [-0.4, -0.2) is 24.1 Å². The van der Waals surface area contributed by atoms with Crippen LogP contribution in [0.1, 0.15) is 21.5 Å². The largest absolute Gasteiger partial charge is 0.493 e. The average molecular weight is 534 g/mol. The van der Waals surface area contributed by atoms with E-state index in [-0.39, 0.29) is 12.3 Å². The highest BCUT2D eigenvalue weighted by Crippen LogP contribution is 2.40. The van der Waals surface area contributed by atoms with E-state index in [1.807, 2.05) is 42.5 Å². The smallest absolute Gasteiger partial charge is 0.307 e. The Morgan fingerprint density at radius 3 is 2.30 bits per heavy atom. The molecule has 2 N–H and O–H groups in total. The van der Waals surface area contributed by atoms with Crippen molar-refractivity contribution in [2.75, 3.05) is 12.4 Å². The topological polar surface area (TPSA) is 84.9 Å². The zero-order valence-electron chi connectivity index (χ0n) is 19.9. The third-order valence-electron chi connectivity index (χ3n) is 5.62. The lowest BCUT2D eigenvalue weighted by Gasteiger charge is -2.17. The standard InChI is InChI=1S/C29H24ClNO5S/c1-35-24-14-5-18(16-27(32)33)15-26(24)36-25-4-2-3-21(17-37)28(25)19-8-12-23(13-9-19)31-29(34)20-6-10-22(30)11-7-20/h2-15,37H,16-17H2,1H3,(H,31,34)(H,32,33). The molecule has 8 heteroatoms. The number of anilines is 1. The van der Waals surface area contributed by atoms with Crippen molar-refractivity contribution >= 4 is 41.8 Å². The van der Waals surface area contributed by atoms with E-state index in [0.717, 1.165) is 16.7 Å². The molecule has 0 bridgehead atoms. The van der Waals surface area contributed by atoms with E-state index in [4.69, 9.17) is 21.1 Å². The molecule has 1 amide bonds. The molecule has 0 radical (unpaired) electrons. The number of hydrogen-bond acceptors (Lipinski definition) is 5. The van der Waals surface area contributed by atoms with Crippen LogP contribution in [0.2, 0.25) is 5.02 Å². The van der Waals surface area contributed by atoms with Crippen LogP contribution >= 0.6 is 24.2 Å². The number of nitrogens with one attached hydrogen (secondary N) is 1. The van der Waals surface area contributed by atoms with Gasteiger partial charge in [0.1, 0.15) is 5.75 Å². The van der Waals surface area contributed by atoms with Gasteiger partial charge in [-0.15, -0.1) is 0 Å². The van der Waals surface area contributed by atoms with Crippen LogP contribution in [-0.2, 0) is 17.0 Å². The second-order valence-corrected chi connectivity index (χ2v) is 8.90. The zero-order valence-corrected chi connectivity index (χ0v) is 21.6. The average Bonchev–Trinajstić information content (AvgIpc) is 2.89. The molecule has 0 unspecified atom stereocenters. The molecule has 4 rings (SSSR count). The summed E-state index contributed by atoms with van der Waals surface area (Å²) in [5, 5.41) is 12.6. The number of rotatable bonds is 9. The number of hydrogen-bond donors (Lipinski definition) is 3. The number of carboxylic acids is 1. The lowest BCUT2D eigenvalue weighted by Crippen LogP contribution is -2.11. The summed E-state index contributed by atoms with van der Waals surface area (Å²) in [6, 6.07) is 24.8.